The summed E-state index contributed by atoms with van der Waals surface area (Å²) in [5, 5.41) is 0. The highest BCUT2D eigenvalue weighted by molar-refractivity contribution is 7.75. The zero-order valence-corrected chi connectivity index (χ0v) is 17.2. The van der Waals surface area contributed by atoms with Crippen molar-refractivity contribution in [3.05, 3.63) is 11.6 Å². The largest absolute Gasteiger partial charge is 0.318 e. The third-order valence-electron chi connectivity index (χ3n) is 9.18. The number of hydrogen-bond donors (Lipinski definition) is 1. The quantitative estimate of drug-likeness (QED) is 0.391. The van der Waals surface area contributed by atoms with E-state index in [9.17, 15) is 4.79 Å². The molecule has 6 unspecified atom stereocenters. The molecule has 0 aromatic heterocycles. The molecule has 6 atom stereocenters. The minimum Gasteiger partial charge on any atom is -0.318 e. The first kappa shape index (κ1) is 18.1. The molecule has 0 bridgehead atoms. The molecule has 0 N–H and O–H groups in total. The van der Waals surface area contributed by atoms with Crippen LogP contribution in [-0.2, 0) is 8.98 Å². The molecule has 25 heavy (non-hydrogen) atoms. The fourth-order valence-electron chi connectivity index (χ4n) is 7.69. The molecule has 0 amide bonds. The fraction of sp³-hybridized carbons (Fsp3) is 0.864. The van der Waals surface area contributed by atoms with Gasteiger partial charge in [-0.15, -0.1) is 0 Å². The van der Waals surface area contributed by atoms with E-state index in [2.05, 4.69) is 46.7 Å². The van der Waals surface area contributed by atoms with Gasteiger partial charge in [0.2, 0.25) is 0 Å². The van der Waals surface area contributed by atoms with E-state index in [1.807, 2.05) is 0 Å². The van der Waals surface area contributed by atoms with Gasteiger partial charge in [-0.25, -0.2) is 0 Å². The van der Waals surface area contributed by atoms with E-state index in [-0.39, 0.29) is 10.8 Å². The molecule has 2 nitrogen and oxygen atoms in total. The Morgan fingerprint density at radius 2 is 1.88 bits per heavy atom. The monoisotopic (exact) mass is 362 g/mol. The predicted molar refractivity (Wildman–Crippen MR) is 104 cm³/mol. The van der Waals surface area contributed by atoms with E-state index in [1.165, 1.54) is 37.7 Å². The molecular weight excluding hydrogens is 328 g/mol. The van der Waals surface area contributed by atoms with Gasteiger partial charge < -0.3 is 4.18 Å². The minimum atomic E-state index is -0.253. The lowest BCUT2D eigenvalue weighted by Gasteiger charge is -2.59. The van der Waals surface area contributed by atoms with Crippen LogP contribution in [0.3, 0.4) is 0 Å². The molecule has 3 heteroatoms. The molecule has 0 heterocycles. The van der Waals surface area contributed by atoms with Crippen LogP contribution in [0.2, 0.25) is 0 Å². The highest BCUT2D eigenvalue weighted by atomic mass is 32.1. The molecule has 4 aliphatic carbocycles. The molecule has 0 aromatic rings. The average Bonchev–Trinajstić information content (AvgIpc) is 2.89. The number of hydrogen-bond acceptors (Lipinski definition) is 3. The summed E-state index contributed by atoms with van der Waals surface area (Å²) < 4.78 is 5.27. The molecule has 0 aromatic carbocycles. The van der Waals surface area contributed by atoms with E-state index in [0.29, 0.717) is 17.1 Å². The maximum Gasteiger partial charge on any atom is 0.142 e. The highest BCUT2D eigenvalue weighted by Gasteiger charge is 2.60. The topological polar surface area (TPSA) is 26.3 Å². The summed E-state index contributed by atoms with van der Waals surface area (Å²) >= 11 is 4.04. The summed E-state index contributed by atoms with van der Waals surface area (Å²) in [5.74, 6) is 3.48. The van der Waals surface area contributed by atoms with Crippen molar-refractivity contribution in [2.45, 2.75) is 72.6 Å². The number of thiol groups is 1. The molecule has 140 valence electrons. The van der Waals surface area contributed by atoms with E-state index in [4.69, 9.17) is 4.18 Å². The first-order valence-electron chi connectivity index (χ1n) is 10.3. The van der Waals surface area contributed by atoms with Crippen molar-refractivity contribution < 1.29 is 8.98 Å². The Bertz CT molecular complexity index is 609. The van der Waals surface area contributed by atoms with Gasteiger partial charge in [-0.2, -0.15) is 0 Å². The number of ketones is 1. The van der Waals surface area contributed by atoms with Crippen molar-refractivity contribution >= 4 is 18.7 Å². The SMILES string of the molecule is CC1(C)C(=O)CCC2(C)C1=CCC1C2CCC2(C)C(COS)CCC12. The first-order chi connectivity index (χ1) is 11.7. The summed E-state index contributed by atoms with van der Waals surface area (Å²) in [6.07, 6.45) is 10.8. The van der Waals surface area contributed by atoms with Crippen molar-refractivity contribution in [1.82, 2.24) is 0 Å². The maximum absolute atomic E-state index is 12.6. The van der Waals surface area contributed by atoms with Gasteiger partial charge in [-0.3, -0.25) is 4.79 Å². The van der Waals surface area contributed by atoms with Gasteiger partial charge >= 0.3 is 0 Å². The Morgan fingerprint density at radius 3 is 2.60 bits per heavy atom. The second kappa shape index (κ2) is 5.86. The molecule has 3 fully saturated rings. The van der Waals surface area contributed by atoms with E-state index in [0.717, 1.165) is 37.2 Å². The van der Waals surface area contributed by atoms with Crippen molar-refractivity contribution in [2.24, 2.45) is 39.9 Å². The lowest BCUT2D eigenvalue weighted by molar-refractivity contribution is -0.132. The number of allylic oxidation sites excluding steroid dienone is 2. The Hall–Kier alpha value is -0.280. The van der Waals surface area contributed by atoms with E-state index in [1.54, 1.807) is 0 Å². The van der Waals surface area contributed by atoms with Gasteiger partial charge in [0.25, 0.3) is 0 Å². The summed E-state index contributed by atoms with van der Waals surface area (Å²) in [5.41, 5.74) is 1.87. The van der Waals surface area contributed by atoms with Crippen molar-refractivity contribution in [2.75, 3.05) is 6.61 Å². The highest BCUT2D eigenvalue weighted by Crippen LogP contribution is 2.67. The normalized spacial score (nSPS) is 48.4. The molecule has 4 aliphatic rings. The molecule has 0 radical (unpaired) electrons. The van der Waals surface area contributed by atoms with Crippen LogP contribution in [0.5, 0.6) is 0 Å². The van der Waals surface area contributed by atoms with E-state index < -0.39 is 0 Å². The molecular formula is C22H34O2S. The second-order valence-electron chi connectivity index (χ2n) is 10.3. The Balaban J connectivity index is 1.68. The van der Waals surface area contributed by atoms with Crippen molar-refractivity contribution in [3.8, 4) is 0 Å². The Labute approximate surface area is 158 Å². The summed E-state index contributed by atoms with van der Waals surface area (Å²) in [6, 6.07) is 0. The van der Waals surface area contributed by atoms with Crippen LogP contribution >= 0.6 is 12.9 Å². The Morgan fingerprint density at radius 1 is 1.12 bits per heavy atom. The van der Waals surface area contributed by atoms with Gasteiger partial charge in [-0.1, -0.05) is 25.5 Å². The van der Waals surface area contributed by atoms with E-state index >= 15 is 0 Å². The maximum atomic E-state index is 12.6. The number of rotatable bonds is 2. The van der Waals surface area contributed by atoms with Crippen LogP contribution in [0.1, 0.15) is 72.6 Å². The molecule has 3 saturated carbocycles. The zero-order chi connectivity index (χ0) is 18.0. The number of carbonyl (C=O) groups is 1. The zero-order valence-electron chi connectivity index (χ0n) is 16.3. The summed E-state index contributed by atoms with van der Waals surface area (Å²) in [4.78, 5) is 12.6. The third kappa shape index (κ3) is 2.37. The van der Waals surface area contributed by atoms with Gasteiger partial charge in [0.05, 0.1) is 6.61 Å². The number of Topliss-reactive ketones (excluding diaryl/α,β-unsaturated/α-hetero) is 1. The molecule has 0 spiro atoms. The predicted octanol–water partition coefficient (Wildman–Crippen LogP) is 5.63. The van der Waals surface area contributed by atoms with Gasteiger partial charge in [-0.05, 0) is 99.8 Å². The van der Waals surface area contributed by atoms with Crippen LogP contribution in [-0.4, -0.2) is 12.4 Å². The standard InChI is InChI=1S/C22H34O2S/c1-20(2)18-8-6-15-16-7-5-14(13-24-25)21(16,3)11-9-17(15)22(18,4)12-10-19(20)23/h8,14-17,25H,5-7,9-13H2,1-4H3. The first-order valence-corrected chi connectivity index (χ1v) is 10.6. The van der Waals surface area contributed by atoms with Gasteiger partial charge in [0.15, 0.2) is 0 Å². The van der Waals surface area contributed by atoms with Gasteiger partial charge in [0.1, 0.15) is 5.78 Å². The number of fused-ring (bicyclic) bond motifs is 5. The summed E-state index contributed by atoms with van der Waals surface area (Å²) in [7, 11) is 0. The second-order valence-corrected chi connectivity index (χ2v) is 10.6. The van der Waals surface area contributed by atoms with Crippen molar-refractivity contribution in [3.63, 3.8) is 0 Å². The lowest BCUT2D eigenvalue weighted by Crippen LogP contribution is -2.53. The Kier molecular flexibility index (Phi) is 4.24. The van der Waals surface area contributed by atoms with Crippen LogP contribution < -0.4 is 0 Å². The molecule has 0 aliphatic heterocycles. The van der Waals surface area contributed by atoms with Gasteiger partial charge in [0, 0.05) is 11.8 Å². The third-order valence-corrected chi connectivity index (χ3v) is 9.33. The van der Waals surface area contributed by atoms with Crippen LogP contribution in [0.15, 0.2) is 11.6 Å². The number of carbonyl (C=O) groups excluding carboxylic acids is 1. The minimum absolute atomic E-state index is 0.236. The average molecular weight is 363 g/mol. The molecule has 0 saturated heterocycles. The lowest BCUT2D eigenvalue weighted by atomic mass is 9.44. The fourth-order valence-corrected chi connectivity index (χ4v) is 7.87. The molecule has 4 rings (SSSR count). The van der Waals surface area contributed by atoms with Crippen LogP contribution in [0.25, 0.3) is 0 Å². The van der Waals surface area contributed by atoms with Crippen molar-refractivity contribution in [1.29, 1.82) is 0 Å². The summed E-state index contributed by atoms with van der Waals surface area (Å²) in [6.45, 7) is 10.1. The van der Waals surface area contributed by atoms with Crippen LogP contribution in [0, 0.1) is 39.9 Å². The smallest absolute Gasteiger partial charge is 0.142 e. The van der Waals surface area contributed by atoms with Crippen LogP contribution in [0.4, 0.5) is 0 Å².